The first-order valence-electron chi connectivity index (χ1n) is 9.66. The molecule has 2 bridgehead atoms. The Balaban J connectivity index is 1.30. The molecule has 1 N–H and O–H groups in total. The molecule has 2 fully saturated rings. The zero-order valence-electron chi connectivity index (χ0n) is 15.9. The van der Waals surface area contributed by atoms with Gasteiger partial charge in [0.05, 0.1) is 11.8 Å². The predicted octanol–water partition coefficient (Wildman–Crippen LogP) is 2.30. The number of allylic oxidation sites excluding steroid dienone is 2. The summed E-state index contributed by atoms with van der Waals surface area (Å²) in [6, 6.07) is 5.49. The normalized spacial score (nSPS) is 26.8. The number of nitrogens with one attached hydrogen (secondary N) is 1. The highest BCUT2D eigenvalue weighted by Gasteiger charge is 2.59. The number of esters is 1. The van der Waals surface area contributed by atoms with Crippen LogP contribution in [-0.4, -0.2) is 41.7 Å². The van der Waals surface area contributed by atoms with Gasteiger partial charge in [0, 0.05) is 10.2 Å². The van der Waals surface area contributed by atoms with Crippen LogP contribution >= 0.6 is 15.9 Å². The van der Waals surface area contributed by atoms with Gasteiger partial charge in [-0.2, -0.15) is 0 Å². The van der Waals surface area contributed by atoms with Crippen molar-refractivity contribution >= 4 is 45.3 Å². The maximum absolute atomic E-state index is 12.6. The Morgan fingerprint density at radius 3 is 2.45 bits per heavy atom. The molecule has 4 rings (SSSR count). The van der Waals surface area contributed by atoms with E-state index in [0.29, 0.717) is 5.69 Å². The summed E-state index contributed by atoms with van der Waals surface area (Å²) in [4.78, 5) is 50.4. The number of aryl methyl sites for hydroxylation is 1. The van der Waals surface area contributed by atoms with Gasteiger partial charge in [-0.25, -0.2) is 0 Å². The molecule has 0 radical (unpaired) electrons. The number of imide groups is 1. The molecule has 4 atom stereocenters. The summed E-state index contributed by atoms with van der Waals surface area (Å²) in [7, 11) is 0. The number of anilines is 1. The average molecular weight is 461 g/mol. The summed E-state index contributed by atoms with van der Waals surface area (Å²) in [5, 5.41) is 2.71. The number of carbonyl (C=O) groups excluding carboxylic acids is 4. The highest BCUT2D eigenvalue weighted by Crippen LogP contribution is 2.52. The molecule has 1 saturated heterocycles. The van der Waals surface area contributed by atoms with E-state index in [1.165, 1.54) is 0 Å². The second-order valence-electron chi connectivity index (χ2n) is 7.63. The third kappa shape index (κ3) is 3.61. The van der Waals surface area contributed by atoms with Gasteiger partial charge in [-0.1, -0.05) is 35.0 Å². The summed E-state index contributed by atoms with van der Waals surface area (Å²) in [5.41, 5.74) is 1.60. The first-order valence-corrected chi connectivity index (χ1v) is 10.5. The van der Waals surface area contributed by atoms with E-state index < -0.39 is 25.0 Å². The molecule has 2 aliphatic carbocycles. The number of ether oxygens (including phenoxy) is 1. The van der Waals surface area contributed by atoms with Gasteiger partial charge in [0.25, 0.3) is 5.91 Å². The van der Waals surface area contributed by atoms with Crippen LogP contribution in [0.4, 0.5) is 5.69 Å². The summed E-state index contributed by atoms with van der Waals surface area (Å²) >= 11 is 3.39. The molecule has 3 aliphatic rings. The van der Waals surface area contributed by atoms with Crippen molar-refractivity contribution in [3.63, 3.8) is 0 Å². The van der Waals surface area contributed by atoms with E-state index in [1.807, 2.05) is 31.2 Å². The molecule has 0 spiro atoms. The van der Waals surface area contributed by atoms with Gasteiger partial charge < -0.3 is 10.1 Å². The molecular weight excluding hydrogens is 440 g/mol. The van der Waals surface area contributed by atoms with E-state index >= 15 is 0 Å². The van der Waals surface area contributed by atoms with E-state index in [0.717, 1.165) is 27.8 Å². The zero-order chi connectivity index (χ0) is 20.7. The fourth-order valence-electron chi connectivity index (χ4n) is 4.60. The first kappa shape index (κ1) is 19.8. The summed E-state index contributed by atoms with van der Waals surface area (Å²) in [5.74, 6) is -2.38. The number of rotatable bonds is 6. The van der Waals surface area contributed by atoms with Crippen molar-refractivity contribution in [2.45, 2.75) is 19.8 Å². The maximum atomic E-state index is 12.6. The highest BCUT2D eigenvalue weighted by atomic mass is 79.9. The standard InChI is InChI=1S/C21H21BrN2O5/c1-2-11-8-14(22)5-6-15(11)23-16(25)10-29-17(26)9-24-20(27)18-12-3-4-13(7-12)19(18)21(24)28/h3-6,8,12-13,18-19H,2,7,9-10H2,1H3,(H,23,25)/t12-,13-,18-,19+/m0/s1. The number of fused-ring (bicyclic) bond motifs is 5. The second kappa shape index (κ2) is 7.74. The van der Waals surface area contributed by atoms with Crippen molar-refractivity contribution in [3.05, 3.63) is 40.4 Å². The van der Waals surface area contributed by atoms with Crippen molar-refractivity contribution in [1.29, 1.82) is 0 Å². The van der Waals surface area contributed by atoms with Gasteiger partial charge >= 0.3 is 5.97 Å². The minimum absolute atomic E-state index is 0.0897. The predicted molar refractivity (Wildman–Crippen MR) is 108 cm³/mol. The first-order chi connectivity index (χ1) is 13.9. The number of hydrogen-bond donors (Lipinski definition) is 1. The fraction of sp³-hybridized carbons (Fsp3) is 0.429. The van der Waals surface area contributed by atoms with Crippen LogP contribution in [0.1, 0.15) is 18.9 Å². The number of likely N-dealkylation sites (tertiary alicyclic amines) is 1. The lowest BCUT2D eigenvalue weighted by molar-refractivity contribution is -0.154. The lowest BCUT2D eigenvalue weighted by Gasteiger charge is -2.16. The van der Waals surface area contributed by atoms with Gasteiger partial charge in [0.1, 0.15) is 6.54 Å². The topological polar surface area (TPSA) is 92.8 Å². The van der Waals surface area contributed by atoms with E-state index in [2.05, 4.69) is 21.2 Å². The molecule has 3 amide bonds. The molecule has 1 heterocycles. The Hall–Kier alpha value is -2.48. The fourth-order valence-corrected chi connectivity index (χ4v) is 5.01. The third-order valence-electron chi connectivity index (χ3n) is 5.94. The Morgan fingerprint density at radius 1 is 1.17 bits per heavy atom. The number of amides is 3. The van der Waals surface area contributed by atoms with Crippen LogP contribution in [0.5, 0.6) is 0 Å². The molecule has 1 saturated carbocycles. The zero-order valence-corrected chi connectivity index (χ0v) is 17.5. The molecule has 8 heteroatoms. The number of nitrogens with zero attached hydrogens (tertiary/aromatic N) is 1. The number of halogens is 1. The van der Waals surface area contributed by atoms with Gasteiger partial charge in [0.15, 0.2) is 6.61 Å². The Morgan fingerprint density at radius 2 is 1.83 bits per heavy atom. The van der Waals surface area contributed by atoms with Crippen molar-refractivity contribution in [2.75, 3.05) is 18.5 Å². The molecule has 1 aromatic rings. The molecule has 1 aliphatic heterocycles. The average Bonchev–Trinajstić information content (AvgIpc) is 3.38. The number of benzene rings is 1. The minimum atomic E-state index is -0.770. The van der Waals surface area contributed by atoms with E-state index in [9.17, 15) is 19.2 Å². The summed E-state index contributed by atoms with van der Waals surface area (Å²) < 4.78 is 5.91. The van der Waals surface area contributed by atoms with Crippen LogP contribution in [-0.2, 0) is 30.3 Å². The van der Waals surface area contributed by atoms with Crippen molar-refractivity contribution in [1.82, 2.24) is 4.90 Å². The third-order valence-corrected chi connectivity index (χ3v) is 6.43. The Bertz CT molecular complexity index is 898. The van der Waals surface area contributed by atoms with E-state index in [4.69, 9.17) is 4.74 Å². The summed E-state index contributed by atoms with van der Waals surface area (Å²) in [6.07, 6.45) is 5.56. The van der Waals surface area contributed by atoms with Gasteiger partial charge in [0.2, 0.25) is 11.8 Å². The van der Waals surface area contributed by atoms with Crippen molar-refractivity contribution in [3.8, 4) is 0 Å². The van der Waals surface area contributed by atoms with Crippen molar-refractivity contribution < 1.29 is 23.9 Å². The van der Waals surface area contributed by atoms with Crippen LogP contribution < -0.4 is 5.32 Å². The van der Waals surface area contributed by atoms with Gasteiger partial charge in [-0.3, -0.25) is 24.1 Å². The molecule has 29 heavy (non-hydrogen) atoms. The van der Waals surface area contributed by atoms with Crippen LogP contribution in [0.3, 0.4) is 0 Å². The Labute approximate surface area is 176 Å². The SMILES string of the molecule is CCc1cc(Br)ccc1NC(=O)COC(=O)CN1C(=O)[C@@H]2[C@H](C1=O)[C@H]1C=C[C@H]2C1. The van der Waals surface area contributed by atoms with Crippen LogP contribution in [0.15, 0.2) is 34.8 Å². The molecule has 152 valence electrons. The lowest BCUT2D eigenvalue weighted by Crippen LogP contribution is -2.38. The number of carbonyl (C=O) groups is 4. The second-order valence-corrected chi connectivity index (χ2v) is 8.54. The molecular formula is C21H21BrN2O5. The van der Waals surface area contributed by atoms with Crippen LogP contribution in [0.25, 0.3) is 0 Å². The summed E-state index contributed by atoms with van der Waals surface area (Å²) in [6.45, 7) is 1.04. The highest BCUT2D eigenvalue weighted by molar-refractivity contribution is 9.10. The van der Waals surface area contributed by atoms with Gasteiger partial charge in [-0.15, -0.1) is 0 Å². The van der Waals surface area contributed by atoms with E-state index in [-0.39, 0.29) is 35.5 Å². The smallest absolute Gasteiger partial charge is 0.326 e. The number of hydrogen-bond acceptors (Lipinski definition) is 5. The Kier molecular flexibility index (Phi) is 5.29. The van der Waals surface area contributed by atoms with Crippen LogP contribution in [0, 0.1) is 23.7 Å². The largest absolute Gasteiger partial charge is 0.454 e. The van der Waals surface area contributed by atoms with Crippen molar-refractivity contribution in [2.24, 2.45) is 23.7 Å². The molecule has 0 aromatic heterocycles. The van der Waals surface area contributed by atoms with Gasteiger partial charge in [-0.05, 0) is 48.4 Å². The monoisotopic (exact) mass is 460 g/mol. The quantitative estimate of drug-likeness (QED) is 0.399. The molecule has 0 unspecified atom stereocenters. The van der Waals surface area contributed by atoms with Crippen LogP contribution in [0.2, 0.25) is 0 Å². The molecule has 1 aromatic carbocycles. The maximum Gasteiger partial charge on any atom is 0.326 e. The minimum Gasteiger partial charge on any atom is -0.454 e. The van der Waals surface area contributed by atoms with E-state index in [1.54, 1.807) is 6.07 Å². The molecule has 7 nitrogen and oxygen atoms in total. The lowest BCUT2D eigenvalue weighted by atomic mass is 9.85.